The molecule has 0 radical (unpaired) electrons. The van der Waals surface area contributed by atoms with Crippen LogP contribution in [-0.4, -0.2) is 31.3 Å². The van der Waals surface area contributed by atoms with Crippen LogP contribution in [0, 0.1) is 5.82 Å². The zero-order chi connectivity index (χ0) is 19.3. The first-order valence-corrected chi connectivity index (χ1v) is 9.78. The number of guanidine groups is 1. The van der Waals surface area contributed by atoms with Gasteiger partial charge in [-0.15, -0.1) is 24.0 Å². The first-order valence-electron chi connectivity index (χ1n) is 9.78. The molecule has 2 aromatic rings. The van der Waals surface area contributed by atoms with Gasteiger partial charge in [0, 0.05) is 13.6 Å². The number of fused-ring (bicyclic) bond motifs is 2. The van der Waals surface area contributed by atoms with Crippen LogP contribution in [0.1, 0.15) is 30.4 Å². The van der Waals surface area contributed by atoms with Crippen molar-refractivity contribution in [2.45, 2.75) is 50.7 Å². The summed E-state index contributed by atoms with van der Waals surface area (Å²) in [7, 11) is 1.78. The summed E-state index contributed by atoms with van der Waals surface area (Å²) in [6.45, 7) is 1.02. The van der Waals surface area contributed by atoms with Gasteiger partial charge in [-0.25, -0.2) is 4.39 Å². The molecule has 0 spiro atoms. The minimum absolute atomic E-state index is 0. The molecule has 2 aromatic carbocycles. The molecule has 4 rings (SSSR count). The molecule has 0 amide bonds. The van der Waals surface area contributed by atoms with Gasteiger partial charge in [-0.3, -0.25) is 4.99 Å². The molecule has 2 saturated heterocycles. The van der Waals surface area contributed by atoms with E-state index in [0.29, 0.717) is 31.4 Å². The minimum atomic E-state index is -0.249. The molecule has 156 valence electrons. The van der Waals surface area contributed by atoms with Gasteiger partial charge >= 0.3 is 0 Å². The SMILES string of the molecule is CN=C(NCc1ccc(OCc2cccc(F)c2)cc1)NC1CC2CCC1O2.I. The molecule has 2 heterocycles. The Labute approximate surface area is 188 Å². The number of nitrogens with one attached hydrogen (secondary N) is 2. The van der Waals surface area contributed by atoms with Crippen LogP contribution in [-0.2, 0) is 17.9 Å². The fraction of sp³-hybridized carbons (Fsp3) is 0.409. The summed E-state index contributed by atoms with van der Waals surface area (Å²) < 4.78 is 24.8. The molecule has 2 aliphatic heterocycles. The number of benzene rings is 2. The van der Waals surface area contributed by atoms with Crippen molar-refractivity contribution < 1.29 is 13.9 Å². The maximum Gasteiger partial charge on any atom is 0.191 e. The van der Waals surface area contributed by atoms with Gasteiger partial charge in [-0.05, 0) is 54.7 Å². The van der Waals surface area contributed by atoms with Crippen LogP contribution in [0.4, 0.5) is 4.39 Å². The lowest BCUT2D eigenvalue weighted by molar-refractivity contribution is 0.0992. The van der Waals surface area contributed by atoms with Crippen molar-refractivity contribution in [3.63, 3.8) is 0 Å². The topological polar surface area (TPSA) is 54.9 Å². The van der Waals surface area contributed by atoms with Crippen molar-refractivity contribution >= 4 is 29.9 Å². The van der Waals surface area contributed by atoms with E-state index in [9.17, 15) is 4.39 Å². The summed E-state index contributed by atoms with van der Waals surface area (Å²) >= 11 is 0. The molecule has 3 atom stereocenters. The molecular formula is C22H27FIN3O2. The van der Waals surface area contributed by atoms with Gasteiger partial charge < -0.3 is 20.1 Å². The number of nitrogens with zero attached hydrogens (tertiary/aromatic N) is 1. The van der Waals surface area contributed by atoms with Crippen LogP contribution in [0.25, 0.3) is 0 Å². The Kier molecular flexibility index (Phi) is 7.71. The van der Waals surface area contributed by atoms with Crippen LogP contribution in [0.5, 0.6) is 5.75 Å². The van der Waals surface area contributed by atoms with Gasteiger partial charge in [-0.1, -0.05) is 24.3 Å². The Balaban J connectivity index is 0.00000240. The van der Waals surface area contributed by atoms with Crippen LogP contribution in [0.3, 0.4) is 0 Å². The van der Waals surface area contributed by atoms with Gasteiger partial charge in [0.15, 0.2) is 5.96 Å². The average molecular weight is 511 g/mol. The molecule has 0 aromatic heterocycles. The molecule has 3 unspecified atom stereocenters. The minimum Gasteiger partial charge on any atom is -0.489 e. The van der Waals surface area contributed by atoms with Gasteiger partial charge in [0.25, 0.3) is 0 Å². The predicted octanol–water partition coefficient (Wildman–Crippen LogP) is 4.01. The lowest BCUT2D eigenvalue weighted by atomic mass is 9.96. The summed E-state index contributed by atoms with van der Waals surface area (Å²) in [5.41, 5.74) is 1.94. The van der Waals surface area contributed by atoms with Gasteiger partial charge in [-0.2, -0.15) is 0 Å². The van der Waals surface area contributed by atoms with E-state index in [1.807, 2.05) is 30.3 Å². The number of aliphatic imine (C=N–C) groups is 1. The normalized spacial score (nSPS) is 22.8. The number of ether oxygens (including phenoxy) is 2. The first kappa shape index (κ1) is 21.8. The quantitative estimate of drug-likeness (QED) is 0.350. The van der Waals surface area contributed by atoms with Gasteiger partial charge in [0.2, 0.25) is 0 Å². The van der Waals surface area contributed by atoms with E-state index < -0.39 is 0 Å². The molecular weight excluding hydrogens is 484 g/mol. The van der Waals surface area contributed by atoms with Crippen LogP contribution < -0.4 is 15.4 Å². The second-order valence-corrected chi connectivity index (χ2v) is 7.35. The Morgan fingerprint density at radius 1 is 1.17 bits per heavy atom. The second-order valence-electron chi connectivity index (χ2n) is 7.35. The van der Waals surface area contributed by atoms with Gasteiger partial charge in [0.1, 0.15) is 18.2 Å². The van der Waals surface area contributed by atoms with E-state index >= 15 is 0 Å². The molecule has 2 bridgehead atoms. The Hall–Kier alpha value is -1.87. The Morgan fingerprint density at radius 2 is 2.00 bits per heavy atom. The van der Waals surface area contributed by atoms with E-state index in [-0.39, 0.29) is 29.8 Å². The number of rotatable bonds is 6. The molecule has 2 fully saturated rings. The lowest BCUT2D eigenvalue weighted by Crippen LogP contribution is -2.47. The highest BCUT2D eigenvalue weighted by molar-refractivity contribution is 14.0. The maximum absolute atomic E-state index is 13.2. The fourth-order valence-electron chi connectivity index (χ4n) is 3.84. The number of hydrogen-bond acceptors (Lipinski definition) is 3. The monoisotopic (exact) mass is 511 g/mol. The van der Waals surface area contributed by atoms with Crippen molar-refractivity contribution in [3.8, 4) is 5.75 Å². The highest BCUT2D eigenvalue weighted by atomic mass is 127. The molecule has 29 heavy (non-hydrogen) atoms. The zero-order valence-corrected chi connectivity index (χ0v) is 18.8. The van der Waals surface area contributed by atoms with E-state index in [4.69, 9.17) is 9.47 Å². The third-order valence-electron chi connectivity index (χ3n) is 5.33. The summed E-state index contributed by atoms with van der Waals surface area (Å²) in [5, 5.41) is 6.84. The molecule has 2 N–H and O–H groups in total. The number of halogens is 2. The molecule has 0 saturated carbocycles. The summed E-state index contributed by atoms with van der Waals surface area (Å²) in [6, 6.07) is 14.7. The Bertz CT molecular complexity index is 831. The average Bonchev–Trinajstić information content (AvgIpc) is 3.33. The standard InChI is InChI=1S/C22H26FN3O2.HI/c1-24-22(26-20-12-19-9-10-21(20)28-19)25-13-15-5-7-18(8-6-15)27-14-16-3-2-4-17(23)11-16;/h2-8,11,19-21H,9-10,12-14H2,1H3,(H2,24,25,26);1H. The summed E-state index contributed by atoms with van der Waals surface area (Å²) in [6.07, 6.45) is 4.11. The fourth-order valence-corrected chi connectivity index (χ4v) is 3.84. The predicted molar refractivity (Wildman–Crippen MR) is 122 cm³/mol. The zero-order valence-electron chi connectivity index (χ0n) is 16.4. The third kappa shape index (κ3) is 5.82. The number of hydrogen-bond donors (Lipinski definition) is 2. The lowest BCUT2D eigenvalue weighted by Gasteiger charge is -2.22. The Morgan fingerprint density at radius 3 is 2.66 bits per heavy atom. The summed E-state index contributed by atoms with van der Waals surface area (Å²) in [5.74, 6) is 1.31. The molecule has 0 aliphatic carbocycles. The van der Waals surface area contributed by atoms with E-state index in [0.717, 1.165) is 35.7 Å². The smallest absolute Gasteiger partial charge is 0.191 e. The first-order chi connectivity index (χ1) is 13.7. The second kappa shape index (κ2) is 10.2. The molecule has 7 heteroatoms. The molecule has 5 nitrogen and oxygen atoms in total. The van der Waals surface area contributed by atoms with E-state index in [1.165, 1.54) is 18.6 Å². The largest absolute Gasteiger partial charge is 0.489 e. The highest BCUT2D eigenvalue weighted by Gasteiger charge is 2.41. The van der Waals surface area contributed by atoms with Crippen LogP contribution in [0.15, 0.2) is 53.5 Å². The molecule has 2 aliphatic rings. The van der Waals surface area contributed by atoms with Gasteiger partial charge in [0.05, 0.1) is 18.2 Å². The van der Waals surface area contributed by atoms with Crippen molar-refractivity contribution in [2.75, 3.05) is 7.05 Å². The van der Waals surface area contributed by atoms with Crippen molar-refractivity contribution in [2.24, 2.45) is 4.99 Å². The van der Waals surface area contributed by atoms with Crippen molar-refractivity contribution in [3.05, 3.63) is 65.5 Å². The summed E-state index contributed by atoms with van der Waals surface area (Å²) in [4.78, 5) is 4.32. The maximum atomic E-state index is 13.2. The van der Waals surface area contributed by atoms with E-state index in [1.54, 1.807) is 13.1 Å². The van der Waals surface area contributed by atoms with Crippen molar-refractivity contribution in [1.29, 1.82) is 0 Å². The third-order valence-corrected chi connectivity index (χ3v) is 5.33. The van der Waals surface area contributed by atoms with E-state index in [2.05, 4.69) is 15.6 Å². The van der Waals surface area contributed by atoms with Crippen LogP contribution >= 0.6 is 24.0 Å². The highest BCUT2D eigenvalue weighted by Crippen LogP contribution is 2.34. The van der Waals surface area contributed by atoms with Crippen molar-refractivity contribution in [1.82, 2.24) is 10.6 Å². The van der Waals surface area contributed by atoms with Crippen LogP contribution in [0.2, 0.25) is 0 Å².